The maximum atomic E-state index is 12.5. The third-order valence-corrected chi connectivity index (χ3v) is 4.37. The second-order valence-corrected chi connectivity index (χ2v) is 6.73. The van der Waals surface area contributed by atoms with Crippen molar-refractivity contribution in [2.24, 2.45) is 0 Å². The summed E-state index contributed by atoms with van der Waals surface area (Å²) in [5, 5.41) is 11.1. The zero-order valence-corrected chi connectivity index (χ0v) is 18.2. The standard InChI is InChI=1S/C24H29NO6/c1-3-5-7-9-11-13-17-30-23(26)21-16-15-20(25(28)29)19-22(21)24(27)31-18-14-12-10-8-6-4-2/h15-16,19H,7-14,17-18H2,1-2H3. The number of nitro groups is 1. The SMILES string of the molecule is CC#CCCCCCOC(=O)c1ccc([N+](=O)[O-])cc1C(=O)OCCCCCC#CC. The monoisotopic (exact) mass is 427 g/mol. The van der Waals surface area contributed by atoms with Crippen LogP contribution in [0.1, 0.15) is 85.9 Å². The number of unbranched alkanes of at least 4 members (excludes halogenated alkanes) is 6. The number of hydrogen-bond acceptors (Lipinski definition) is 6. The zero-order valence-electron chi connectivity index (χ0n) is 18.2. The normalized spacial score (nSPS) is 9.61. The lowest BCUT2D eigenvalue weighted by atomic mass is 10.1. The summed E-state index contributed by atoms with van der Waals surface area (Å²) in [4.78, 5) is 35.3. The fourth-order valence-electron chi connectivity index (χ4n) is 2.71. The first-order valence-electron chi connectivity index (χ1n) is 10.4. The first kappa shape index (κ1) is 25.7. The Bertz CT molecular complexity index is 870. The van der Waals surface area contributed by atoms with Crippen molar-refractivity contribution >= 4 is 17.6 Å². The Kier molecular flexibility index (Phi) is 12.9. The molecule has 0 fully saturated rings. The molecule has 0 atom stereocenters. The Morgan fingerprint density at radius 3 is 1.84 bits per heavy atom. The van der Waals surface area contributed by atoms with Crippen LogP contribution in [0.25, 0.3) is 0 Å². The van der Waals surface area contributed by atoms with Crippen molar-refractivity contribution < 1.29 is 24.0 Å². The molecule has 1 aromatic carbocycles. The highest BCUT2D eigenvalue weighted by Crippen LogP contribution is 2.20. The molecule has 1 aromatic rings. The van der Waals surface area contributed by atoms with Gasteiger partial charge in [-0.2, -0.15) is 0 Å². The number of benzene rings is 1. The van der Waals surface area contributed by atoms with E-state index in [-0.39, 0.29) is 30.0 Å². The molecule has 166 valence electrons. The van der Waals surface area contributed by atoms with Crippen LogP contribution in [0.15, 0.2) is 18.2 Å². The Balaban J connectivity index is 2.66. The molecule has 0 aromatic heterocycles. The summed E-state index contributed by atoms with van der Waals surface area (Å²) in [5.74, 6) is 10.1. The summed E-state index contributed by atoms with van der Waals surface area (Å²) in [6.07, 6.45) is 6.43. The zero-order chi connectivity index (χ0) is 22.9. The van der Waals surface area contributed by atoms with Gasteiger partial charge in [0, 0.05) is 25.0 Å². The predicted molar refractivity (Wildman–Crippen MR) is 117 cm³/mol. The average molecular weight is 427 g/mol. The van der Waals surface area contributed by atoms with Crippen LogP contribution in [-0.4, -0.2) is 30.1 Å². The van der Waals surface area contributed by atoms with Gasteiger partial charge in [0.25, 0.3) is 5.69 Å². The summed E-state index contributed by atoms with van der Waals surface area (Å²) in [7, 11) is 0. The Morgan fingerprint density at radius 2 is 1.35 bits per heavy atom. The van der Waals surface area contributed by atoms with Crippen molar-refractivity contribution in [3.05, 3.63) is 39.4 Å². The highest BCUT2D eigenvalue weighted by molar-refractivity contribution is 6.03. The number of rotatable bonds is 13. The first-order valence-corrected chi connectivity index (χ1v) is 10.4. The maximum Gasteiger partial charge on any atom is 0.339 e. The number of non-ortho nitro benzene ring substituents is 1. The first-order chi connectivity index (χ1) is 15.0. The summed E-state index contributed by atoms with van der Waals surface area (Å²) in [5.41, 5.74) is -0.487. The van der Waals surface area contributed by atoms with E-state index < -0.39 is 16.9 Å². The van der Waals surface area contributed by atoms with E-state index in [0.717, 1.165) is 44.6 Å². The molecule has 0 aliphatic rings. The van der Waals surface area contributed by atoms with Gasteiger partial charge in [-0.25, -0.2) is 9.59 Å². The quantitative estimate of drug-likeness (QED) is 0.143. The lowest BCUT2D eigenvalue weighted by Crippen LogP contribution is -2.15. The van der Waals surface area contributed by atoms with Crippen molar-refractivity contribution in [2.75, 3.05) is 13.2 Å². The van der Waals surface area contributed by atoms with Gasteiger partial charge in [0.05, 0.1) is 29.3 Å². The van der Waals surface area contributed by atoms with Crippen molar-refractivity contribution in [3.63, 3.8) is 0 Å². The molecule has 7 nitrogen and oxygen atoms in total. The summed E-state index contributed by atoms with van der Waals surface area (Å²) in [6.45, 7) is 3.93. The topological polar surface area (TPSA) is 95.7 Å². The van der Waals surface area contributed by atoms with E-state index in [2.05, 4.69) is 23.7 Å². The highest BCUT2D eigenvalue weighted by atomic mass is 16.6. The predicted octanol–water partition coefficient (Wildman–Crippen LogP) is 5.08. The van der Waals surface area contributed by atoms with E-state index in [1.807, 2.05) is 0 Å². The molecule has 0 unspecified atom stereocenters. The van der Waals surface area contributed by atoms with E-state index in [0.29, 0.717) is 12.8 Å². The summed E-state index contributed by atoms with van der Waals surface area (Å²) < 4.78 is 10.5. The van der Waals surface area contributed by atoms with Crippen LogP contribution >= 0.6 is 0 Å². The fourth-order valence-corrected chi connectivity index (χ4v) is 2.71. The summed E-state index contributed by atoms with van der Waals surface area (Å²) >= 11 is 0. The minimum atomic E-state index is -0.776. The molecular formula is C24H29NO6. The third kappa shape index (κ3) is 10.3. The number of carbonyl (C=O) groups excluding carboxylic acids is 2. The van der Waals surface area contributed by atoms with E-state index in [1.54, 1.807) is 13.8 Å². The van der Waals surface area contributed by atoms with Crippen LogP contribution in [0.5, 0.6) is 0 Å². The van der Waals surface area contributed by atoms with Gasteiger partial charge in [0.2, 0.25) is 0 Å². The van der Waals surface area contributed by atoms with Gasteiger partial charge in [0.15, 0.2) is 0 Å². The molecule has 0 N–H and O–H groups in total. The van der Waals surface area contributed by atoms with Gasteiger partial charge >= 0.3 is 11.9 Å². The van der Waals surface area contributed by atoms with Gasteiger partial charge < -0.3 is 9.47 Å². The number of esters is 2. The van der Waals surface area contributed by atoms with E-state index in [1.165, 1.54) is 12.1 Å². The highest BCUT2D eigenvalue weighted by Gasteiger charge is 2.23. The van der Waals surface area contributed by atoms with Crippen LogP contribution in [0.4, 0.5) is 5.69 Å². The Morgan fingerprint density at radius 1 is 0.839 bits per heavy atom. The molecular weight excluding hydrogens is 398 g/mol. The fraction of sp³-hybridized carbons (Fsp3) is 0.500. The minimum Gasteiger partial charge on any atom is -0.462 e. The second kappa shape index (κ2) is 15.5. The molecule has 31 heavy (non-hydrogen) atoms. The molecule has 0 saturated carbocycles. The van der Waals surface area contributed by atoms with Gasteiger partial charge in [-0.3, -0.25) is 10.1 Å². The van der Waals surface area contributed by atoms with Crippen LogP contribution < -0.4 is 0 Å². The van der Waals surface area contributed by atoms with Crippen molar-refractivity contribution in [1.29, 1.82) is 0 Å². The largest absolute Gasteiger partial charge is 0.462 e. The second-order valence-electron chi connectivity index (χ2n) is 6.73. The number of nitro benzene ring substituents is 1. The number of nitrogens with zero attached hydrogens (tertiary/aromatic N) is 1. The number of carbonyl (C=O) groups is 2. The maximum absolute atomic E-state index is 12.5. The van der Waals surface area contributed by atoms with Gasteiger partial charge in [-0.1, -0.05) is 0 Å². The van der Waals surface area contributed by atoms with E-state index in [9.17, 15) is 19.7 Å². The smallest absolute Gasteiger partial charge is 0.339 e. The molecule has 0 amide bonds. The molecule has 0 aliphatic heterocycles. The van der Waals surface area contributed by atoms with Gasteiger partial charge in [0.1, 0.15) is 0 Å². The molecule has 0 bridgehead atoms. The van der Waals surface area contributed by atoms with Gasteiger partial charge in [-0.15, -0.1) is 23.7 Å². The Hall–Kier alpha value is -3.32. The average Bonchev–Trinajstić information content (AvgIpc) is 2.77. The lowest BCUT2D eigenvalue weighted by molar-refractivity contribution is -0.384. The van der Waals surface area contributed by atoms with E-state index in [4.69, 9.17) is 9.47 Å². The molecule has 7 heteroatoms. The van der Waals surface area contributed by atoms with Crippen LogP contribution in [0, 0.1) is 33.8 Å². The third-order valence-electron chi connectivity index (χ3n) is 4.37. The Labute approximate surface area is 183 Å². The molecule has 1 rings (SSSR count). The van der Waals surface area contributed by atoms with Crippen LogP contribution in [0.2, 0.25) is 0 Å². The van der Waals surface area contributed by atoms with E-state index >= 15 is 0 Å². The van der Waals surface area contributed by atoms with Crippen molar-refractivity contribution in [3.8, 4) is 23.7 Å². The lowest BCUT2D eigenvalue weighted by Gasteiger charge is -2.10. The summed E-state index contributed by atoms with van der Waals surface area (Å²) in [6, 6.07) is 3.46. The minimum absolute atomic E-state index is 0.0364. The van der Waals surface area contributed by atoms with Crippen LogP contribution in [0.3, 0.4) is 0 Å². The molecule has 0 saturated heterocycles. The molecule has 0 heterocycles. The molecule has 0 aliphatic carbocycles. The molecule has 0 spiro atoms. The molecule has 0 radical (unpaired) electrons. The van der Waals surface area contributed by atoms with Crippen LogP contribution in [-0.2, 0) is 9.47 Å². The number of ether oxygens (including phenoxy) is 2. The van der Waals surface area contributed by atoms with Crippen molar-refractivity contribution in [2.45, 2.75) is 65.2 Å². The van der Waals surface area contributed by atoms with Crippen molar-refractivity contribution in [1.82, 2.24) is 0 Å². The number of hydrogen-bond donors (Lipinski definition) is 0. The van der Waals surface area contributed by atoms with Gasteiger partial charge in [-0.05, 0) is 58.4 Å².